The van der Waals surface area contributed by atoms with Gasteiger partial charge in [-0.1, -0.05) is 0 Å². The Morgan fingerprint density at radius 2 is 1.76 bits per heavy atom. The van der Waals surface area contributed by atoms with Crippen molar-refractivity contribution in [3.05, 3.63) is 53.6 Å². The SMILES string of the molecule is O=Cc1cnccc1-c1ccc(F)c(F)c1F. The van der Waals surface area contributed by atoms with Gasteiger partial charge in [0.15, 0.2) is 23.7 Å². The minimum absolute atomic E-state index is 0.109. The maximum atomic E-state index is 13.5. The third-order valence-electron chi connectivity index (χ3n) is 2.30. The summed E-state index contributed by atoms with van der Waals surface area (Å²) in [6.45, 7) is 0. The Morgan fingerprint density at radius 1 is 1.00 bits per heavy atom. The van der Waals surface area contributed by atoms with Gasteiger partial charge >= 0.3 is 0 Å². The second-order valence-electron chi connectivity index (χ2n) is 3.30. The molecule has 0 aliphatic rings. The molecule has 2 aromatic rings. The fourth-order valence-corrected chi connectivity index (χ4v) is 1.48. The van der Waals surface area contributed by atoms with Crippen molar-refractivity contribution in [1.82, 2.24) is 4.98 Å². The summed E-state index contributed by atoms with van der Waals surface area (Å²) >= 11 is 0. The number of pyridine rings is 1. The molecule has 5 heteroatoms. The molecule has 1 aromatic heterocycles. The van der Waals surface area contributed by atoms with Gasteiger partial charge in [-0.3, -0.25) is 9.78 Å². The highest BCUT2D eigenvalue weighted by Gasteiger charge is 2.16. The van der Waals surface area contributed by atoms with E-state index in [9.17, 15) is 18.0 Å². The summed E-state index contributed by atoms with van der Waals surface area (Å²) in [5, 5.41) is 0. The summed E-state index contributed by atoms with van der Waals surface area (Å²) < 4.78 is 39.3. The van der Waals surface area contributed by atoms with E-state index in [4.69, 9.17) is 0 Å². The van der Waals surface area contributed by atoms with Crippen LogP contribution in [-0.4, -0.2) is 11.3 Å². The topological polar surface area (TPSA) is 30.0 Å². The first-order chi connectivity index (χ1) is 8.15. The van der Waals surface area contributed by atoms with Crippen LogP contribution in [0, 0.1) is 17.5 Å². The average molecular weight is 237 g/mol. The van der Waals surface area contributed by atoms with Crippen LogP contribution in [0.3, 0.4) is 0 Å². The van der Waals surface area contributed by atoms with Gasteiger partial charge in [0, 0.05) is 23.5 Å². The molecule has 86 valence electrons. The highest BCUT2D eigenvalue weighted by Crippen LogP contribution is 2.27. The summed E-state index contributed by atoms with van der Waals surface area (Å²) in [4.78, 5) is 14.4. The number of nitrogens with zero attached hydrogens (tertiary/aromatic N) is 1. The highest BCUT2D eigenvalue weighted by molar-refractivity contribution is 5.87. The summed E-state index contributed by atoms with van der Waals surface area (Å²) in [6.07, 6.45) is 3.04. The number of rotatable bonds is 2. The number of carbonyl (C=O) groups is 1. The van der Waals surface area contributed by atoms with Gasteiger partial charge in [0.1, 0.15) is 0 Å². The lowest BCUT2D eigenvalue weighted by Gasteiger charge is -2.06. The largest absolute Gasteiger partial charge is 0.298 e. The van der Waals surface area contributed by atoms with Crippen LogP contribution in [0.1, 0.15) is 10.4 Å². The summed E-state index contributed by atoms with van der Waals surface area (Å²) in [5.74, 6) is -4.15. The van der Waals surface area contributed by atoms with Crippen molar-refractivity contribution < 1.29 is 18.0 Å². The fourth-order valence-electron chi connectivity index (χ4n) is 1.48. The van der Waals surface area contributed by atoms with Crippen LogP contribution >= 0.6 is 0 Å². The minimum atomic E-state index is -1.56. The normalized spacial score (nSPS) is 10.3. The van der Waals surface area contributed by atoms with Gasteiger partial charge in [0.25, 0.3) is 0 Å². The Labute approximate surface area is 94.7 Å². The lowest BCUT2D eigenvalue weighted by Crippen LogP contribution is -1.96. The van der Waals surface area contributed by atoms with E-state index < -0.39 is 17.5 Å². The van der Waals surface area contributed by atoms with Crippen LogP contribution in [0.5, 0.6) is 0 Å². The maximum absolute atomic E-state index is 13.5. The molecule has 0 saturated heterocycles. The lowest BCUT2D eigenvalue weighted by atomic mass is 10.0. The number of aromatic nitrogens is 1. The van der Waals surface area contributed by atoms with Crippen molar-refractivity contribution in [3.63, 3.8) is 0 Å². The molecule has 1 heterocycles. The quantitative estimate of drug-likeness (QED) is 0.593. The number of carbonyl (C=O) groups excluding carboxylic acids is 1. The molecular formula is C12H6F3NO. The number of halogens is 3. The Kier molecular flexibility index (Phi) is 2.91. The van der Waals surface area contributed by atoms with Crippen LogP contribution in [0.15, 0.2) is 30.6 Å². The molecule has 0 radical (unpaired) electrons. The van der Waals surface area contributed by atoms with E-state index in [1.807, 2.05) is 0 Å². The fraction of sp³-hybridized carbons (Fsp3) is 0. The molecule has 17 heavy (non-hydrogen) atoms. The molecule has 0 saturated carbocycles. The standard InChI is InChI=1S/C12H6F3NO/c13-10-2-1-9(11(14)12(10)15)8-3-4-16-5-7(8)6-17/h1-6H. The van der Waals surface area contributed by atoms with Crippen molar-refractivity contribution >= 4 is 6.29 Å². The summed E-state index contributed by atoms with van der Waals surface area (Å²) in [7, 11) is 0. The molecule has 0 N–H and O–H groups in total. The van der Waals surface area contributed by atoms with Crippen molar-refractivity contribution in [2.45, 2.75) is 0 Å². The predicted octanol–water partition coefficient (Wildman–Crippen LogP) is 2.98. The van der Waals surface area contributed by atoms with Gasteiger partial charge in [0.2, 0.25) is 0 Å². The number of aldehydes is 1. The van der Waals surface area contributed by atoms with Crippen LogP contribution < -0.4 is 0 Å². The molecular weight excluding hydrogens is 231 g/mol. The van der Waals surface area contributed by atoms with E-state index in [0.29, 0.717) is 6.29 Å². The first-order valence-electron chi connectivity index (χ1n) is 4.68. The second-order valence-corrected chi connectivity index (χ2v) is 3.30. The van der Waals surface area contributed by atoms with E-state index in [1.54, 1.807) is 0 Å². The predicted molar refractivity (Wildman–Crippen MR) is 54.9 cm³/mol. The van der Waals surface area contributed by atoms with E-state index >= 15 is 0 Å². The van der Waals surface area contributed by atoms with Crippen molar-refractivity contribution in [1.29, 1.82) is 0 Å². The molecule has 0 amide bonds. The third-order valence-corrected chi connectivity index (χ3v) is 2.30. The van der Waals surface area contributed by atoms with Crippen molar-refractivity contribution in [2.75, 3.05) is 0 Å². The van der Waals surface area contributed by atoms with Crippen LogP contribution in [0.4, 0.5) is 13.2 Å². The van der Waals surface area contributed by atoms with E-state index in [1.165, 1.54) is 18.5 Å². The van der Waals surface area contributed by atoms with Crippen LogP contribution in [0.25, 0.3) is 11.1 Å². The molecule has 1 aromatic carbocycles. The van der Waals surface area contributed by atoms with Crippen molar-refractivity contribution in [3.8, 4) is 11.1 Å². The molecule has 0 aliphatic heterocycles. The van der Waals surface area contributed by atoms with E-state index in [0.717, 1.165) is 12.1 Å². The monoisotopic (exact) mass is 237 g/mol. The first-order valence-corrected chi connectivity index (χ1v) is 4.68. The van der Waals surface area contributed by atoms with Crippen LogP contribution in [-0.2, 0) is 0 Å². The van der Waals surface area contributed by atoms with E-state index in [-0.39, 0.29) is 16.7 Å². The average Bonchev–Trinajstić information content (AvgIpc) is 2.36. The molecule has 0 fully saturated rings. The Morgan fingerprint density at radius 3 is 2.47 bits per heavy atom. The van der Waals surface area contributed by atoms with Gasteiger partial charge in [-0.15, -0.1) is 0 Å². The third kappa shape index (κ3) is 1.91. The lowest BCUT2D eigenvalue weighted by molar-refractivity contribution is 0.112. The smallest absolute Gasteiger partial charge is 0.195 e. The number of hydrogen-bond acceptors (Lipinski definition) is 2. The zero-order valence-electron chi connectivity index (χ0n) is 8.45. The molecule has 0 spiro atoms. The highest BCUT2D eigenvalue weighted by atomic mass is 19.2. The number of benzene rings is 1. The second kappa shape index (κ2) is 4.37. The van der Waals surface area contributed by atoms with Crippen LogP contribution in [0.2, 0.25) is 0 Å². The molecule has 0 atom stereocenters. The molecule has 0 bridgehead atoms. The molecule has 0 aliphatic carbocycles. The van der Waals surface area contributed by atoms with Crippen molar-refractivity contribution in [2.24, 2.45) is 0 Å². The molecule has 2 rings (SSSR count). The van der Waals surface area contributed by atoms with Gasteiger partial charge < -0.3 is 0 Å². The Balaban J connectivity index is 2.69. The van der Waals surface area contributed by atoms with Gasteiger partial charge in [-0.25, -0.2) is 13.2 Å². The maximum Gasteiger partial charge on any atom is 0.195 e. The summed E-state index contributed by atoms with van der Waals surface area (Å²) in [6, 6.07) is 3.25. The number of hydrogen-bond donors (Lipinski definition) is 0. The molecule has 0 unspecified atom stereocenters. The zero-order chi connectivity index (χ0) is 12.4. The Bertz CT molecular complexity index is 584. The zero-order valence-corrected chi connectivity index (χ0v) is 8.45. The van der Waals surface area contributed by atoms with E-state index in [2.05, 4.69) is 4.98 Å². The first kappa shape index (κ1) is 11.3. The van der Waals surface area contributed by atoms with Gasteiger partial charge in [-0.2, -0.15) is 0 Å². The summed E-state index contributed by atoms with van der Waals surface area (Å²) in [5.41, 5.74) is 0.109. The Hall–Kier alpha value is -2.17. The molecule has 2 nitrogen and oxygen atoms in total. The minimum Gasteiger partial charge on any atom is -0.298 e. The van der Waals surface area contributed by atoms with Gasteiger partial charge in [0.05, 0.1) is 0 Å². The van der Waals surface area contributed by atoms with Gasteiger partial charge in [-0.05, 0) is 23.8 Å².